The van der Waals surface area contributed by atoms with Gasteiger partial charge in [0, 0.05) is 30.8 Å². The van der Waals surface area contributed by atoms with Crippen LogP contribution in [-0.4, -0.2) is 32.4 Å². The van der Waals surface area contributed by atoms with E-state index in [0.717, 1.165) is 16.9 Å². The van der Waals surface area contributed by atoms with E-state index in [2.05, 4.69) is 20.6 Å². The SMILES string of the molecule is CCc1nc(-c2ccc3c(c2)OCC3NC(=O)c2ccnn2C)no1. The zero-order valence-corrected chi connectivity index (χ0v) is 13.9. The highest BCUT2D eigenvalue weighted by molar-refractivity contribution is 5.92. The van der Waals surface area contributed by atoms with Gasteiger partial charge in [-0.1, -0.05) is 24.2 Å². The summed E-state index contributed by atoms with van der Waals surface area (Å²) in [6, 6.07) is 7.17. The molecule has 0 spiro atoms. The van der Waals surface area contributed by atoms with Crippen molar-refractivity contribution in [2.45, 2.75) is 19.4 Å². The Hall–Kier alpha value is -3.16. The first-order chi connectivity index (χ1) is 12.2. The smallest absolute Gasteiger partial charge is 0.270 e. The van der Waals surface area contributed by atoms with E-state index in [1.165, 1.54) is 4.68 Å². The third-order valence-corrected chi connectivity index (χ3v) is 4.18. The van der Waals surface area contributed by atoms with Crippen molar-refractivity contribution < 1.29 is 14.1 Å². The van der Waals surface area contributed by atoms with Gasteiger partial charge in [0.05, 0.1) is 6.04 Å². The molecule has 1 N–H and O–H groups in total. The monoisotopic (exact) mass is 339 g/mol. The largest absolute Gasteiger partial charge is 0.491 e. The van der Waals surface area contributed by atoms with Crippen molar-refractivity contribution in [1.29, 1.82) is 0 Å². The first-order valence-electron chi connectivity index (χ1n) is 8.04. The molecule has 1 aliphatic rings. The lowest BCUT2D eigenvalue weighted by atomic mass is 10.1. The molecule has 0 aliphatic carbocycles. The molecule has 4 rings (SSSR count). The summed E-state index contributed by atoms with van der Waals surface area (Å²) in [5.41, 5.74) is 2.25. The van der Waals surface area contributed by atoms with Gasteiger partial charge in [-0.2, -0.15) is 10.1 Å². The Morgan fingerprint density at radius 2 is 2.28 bits per heavy atom. The van der Waals surface area contributed by atoms with Crippen molar-refractivity contribution in [3.05, 3.63) is 47.6 Å². The maximum atomic E-state index is 12.4. The molecule has 1 aromatic carbocycles. The normalized spacial score (nSPS) is 15.7. The van der Waals surface area contributed by atoms with Crippen LogP contribution in [-0.2, 0) is 13.5 Å². The Kier molecular flexibility index (Phi) is 3.72. The topological polar surface area (TPSA) is 95.1 Å². The minimum absolute atomic E-state index is 0.184. The number of hydrogen-bond acceptors (Lipinski definition) is 6. The molecule has 8 nitrogen and oxygen atoms in total. The summed E-state index contributed by atoms with van der Waals surface area (Å²) < 4.78 is 12.4. The number of benzene rings is 1. The summed E-state index contributed by atoms with van der Waals surface area (Å²) in [4.78, 5) is 16.7. The summed E-state index contributed by atoms with van der Waals surface area (Å²) in [5.74, 6) is 1.66. The Balaban J connectivity index is 1.55. The molecule has 128 valence electrons. The average Bonchev–Trinajstić information content (AvgIpc) is 3.34. The minimum Gasteiger partial charge on any atom is -0.491 e. The number of nitrogens with zero attached hydrogens (tertiary/aromatic N) is 4. The van der Waals surface area contributed by atoms with Crippen LogP contribution in [0.25, 0.3) is 11.4 Å². The number of ether oxygens (including phenoxy) is 1. The fourth-order valence-corrected chi connectivity index (χ4v) is 2.81. The Morgan fingerprint density at radius 1 is 1.40 bits per heavy atom. The van der Waals surface area contributed by atoms with E-state index in [4.69, 9.17) is 9.26 Å². The Bertz CT molecular complexity index is 930. The van der Waals surface area contributed by atoms with Gasteiger partial charge in [-0.15, -0.1) is 0 Å². The molecule has 0 saturated carbocycles. The fourth-order valence-electron chi connectivity index (χ4n) is 2.81. The molecule has 1 unspecified atom stereocenters. The Morgan fingerprint density at radius 3 is 3.00 bits per heavy atom. The van der Waals surface area contributed by atoms with E-state index >= 15 is 0 Å². The van der Waals surface area contributed by atoms with E-state index in [1.807, 2.05) is 25.1 Å². The predicted octanol–water partition coefficient (Wildman–Crippen LogP) is 1.90. The highest BCUT2D eigenvalue weighted by Crippen LogP contribution is 2.35. The molecule has 0 bridgehead atoms. The van der Waals surface area contributed by atoms with Crippen LogP contribution in [0.4, 0.5) is 0 Å². The van der Waals surface area contributed by atoms with Crippen LogP contribution in [0.15, 0.2) is 35.0 Å². The molecule has 3 heterocycles. The third-order valence-electron chi connectivity index (χ3n) is 4.18. The minimum atomic E-state index is -0.206. The molecular weight excluding hydrogens is 322 g/mol. The summed E-state index contributed by atoms with van der Waals surface area (Å²) >= 11 is 0. The average molecular weight is 339 g/mol. The lowest BCUT2D eigenvalue weighted by molar-refractivity contribution is 0.0920. The van der Waals surface area contributed by atoms with Crippen molar-refractivity contribution in [3.63, 3.8) is 0 Å². The lowest BCUT2D eigenvalue weighted by Gasteiger charge is -2.11. The summed E-state index contributed by atoms with van der Waals surface area (Å²) in [6.07, 6.45) is 2.28. The standard InChI is InChI=1S/C17H17N5O3/c1-3-15-20-16(21-25-15)10-4-5-11-12(9-24-14(11)8-10)19-17(23)13-6-7-18-22(13)2/h4-8,12H,3,9H2,1-2H3,(H,19,23). The van der Waals surface area contributed by atoms with Gasteiger partial charge < -0.3 is 14.6 Å². The van der Waals surface area contributed by atoms with Crippen LogP contribution in [0.1, 0.15) is 34.9 Å². The second-order valence-electron chi connectivity index (χ2n) is 5.79. The van der Waals surface area contributed by atoms with Gasteiger partial charge in [-0.25, -0.2) is 0 Å². The number of hydrogen-bond donors (Lipinski definition) is 1. The lowest BCUT2D eigenvalue weighted by Crippen LogP contribution is -2.30. The van der Waals surface area contributed by atoms with Crippen LogP contribution in [0, 0.1) is 0 Å². The zero-order valence-electron chi connectivity index (χ0n) is 13.9. The van der Waals surface area contributed by atoms with Crippen molar-refractivity contribution in [2.75, 3.05) is 6.61 Å². The van der Waals surface area contributed by atoms with E-state index in [0.29, 0.717) is 30.4 Å². The molecule has 25 heavy (non-hydrogen) atoms. The van der Waals surface area contributed by atoms with Gasteiger partial charge in [0.1, 0.15) is 18.1 Å². The van der Waals surface area contributed by atoms with E-state index in [1.54, 1.807) is 19.3 Å². The summed E-state index contributed by atoms with van der Waals surface area (Å²) in [6.45, 7) is 2.34. The number of carbonyl (C=O) groups is 1. The van der Waals surface area contributed by atoms with Gasteiger partial charge in [0.25, 0.3) is 5.91 Å². The van der Waals surface area contributed by atoms with Gasteiger partial charge in [0.2, 0.25) is 11.7 Å². The number of nitrogens with one attached hydrogen (secondary N) is 1. The van der Waals surface area contributed by atoms with Crippen LogP contribution < -0.4 is 10.1 Å². The van der Waals surface area contributed by atoms with Crippen molar-refractivity contribution >= 4 is 5.91 Å². The molecule has 0 radical (unpaired) electrons. The second kappa shape index (κ2) is 6.04. The van der Waals surface area contributed by atoms with Gasteiger partial charge in [0.15, 0.2) is 0 Å². The molecule has 0 saturated heterocycles. The molecule has 2 aromatic heterocycles. The van der Waals surface area contributed by atoms with Crippen LogP contribution in [0.2, 0.25) is 0 Å². The molecule has 1 atom stereocenters. The highest BCUT2D eigenvalue weighted by Gasteiger charge is 2.27. The second-order valence-corrected chi connectivity index (χ2v) is 5.79. The van der Waals surface area contributed by atoms with Crippen LogP contribution in [0.3, 0.4) is 0 Å². The fraction of sp³-hybridized carbons (Fsp3) is 0.294. The molecular formula is C17H17N5O3. The summed E-state index contributed by atoms with van der Waals surface area (Å²) in [7, 11) is 1.73. The van der Waals surface area contributed by atoms with E-state index < -0.39 is 0 Å². The van der Waals surface area contributed by atoms with Gasteiger partial charge in [-0.05, 0) is 12.1 Å². The number of fused-ring (bicyclic) bond motifs is 1. The maximum Gasteiger partial charge on any atom is 0.270 e. The molecule has 8 heteroatoms. The van der Waals surface area contributed by atoms with Gasteiger partial charge >= 0.3 is 0 Å². The molecule has 1 aliphatic heterocycles. The number of rotatable bonds is 4. The van der Waals surface area contributed by atoms with Crippen LogP contribution in [0.5, 0.6) is 5.75 Å². The third kappa shape index (κ3) is 2.75. The van der Waals surface area contributed by atoms with E-state index in [-0.39, 0.29) is 11.9 Å². The highest BCUT2D eigenvalue weighted by atomic mass is 16.5. The zero-order chi connectivity index (χ0) is 17.4. The number of amides is 1. The summed E-state index contributed by atoms with van der Waals surface area (Å²) in [5, 5.41) is 11.0. The molecule has 0 fully saturated rings. The van der Waals surface area contributed by atoms with Gasteiger partial charge in [-0.3, -0.25) is 9.48 Å². The molecule has 3 aromatic rings. The number of aryl methyl sites for hydroxylation is 2. The quantitative estimate of drug-likeness (QED) is 0.780. The van der Waals surface area contributed by atoms with Crippen molar-refractivity contribution in [3.8, 4) is 17.1 Å². The maximum absolute atomic E-state index is 12.4. The first-order valence-corrected chi connectivity index (χ1v) is 8.04. The van der Waals surface area contributed by atoms with Crippen molar-refractivity contribution in [1.82, 2.24) is 25.2 Å². The first kappa shape index (κ1) is 15.4. The predicted molar refractivity (Wildman–Crippen MR) is 88.0 cm³/mol. The van der Waals surface area contributed by atoms with Crippen LogP contribution >= 0.6 is 0 Å². The van der Waals surface area contributed by atoms with E-state index in [9.17, 15) is 4.79 Å². The van der Waals surface area contributed by atoms with Crippen molar-refractivity contribution in [2.24, 2.45) is 7.05 Å². The number of carbonyl (C=O) groups excluding carboxylic acids is 1. The molecule has 1 amide bonds. The number of aromatic nitrogens is 4. The Labute approximate surface area is 143 Å².